The van der Waals surface area contributed by atoms with Crippen molar-refractivity contribution in [1.29, 1.82) is 0 Å². The molecule has 5 heteroatoms. The van der Waals surface area contributed by atoms with Crippen LogP contribution in [0.1, 0.15) is 11.1 Å². The molecule has 5 aromatic rings. The highest BCUT2D eigenvalue weighted by Gasteiger charge is 2.09. The molecule has 0 atom stereocenters. The lowest BCUT2D eigenvalue weighted by atomic mass is 9.98. The maximum Gasteiger partial charge on any atom is 0.181 e. The molecule has 0 aliphatic heterocycles. The Bertz CT molecular complexity index is 1560. The molecule has 0 saturated carbocycles. The number of hydrazone groups is 1. The third kappa shape index (κ3) is 6.13. The van der Waals surface area contributed by atoms with Gasteiger partial charge >= 0.3 is 0 Å². The molecule has 180 valence electrons. The second-order valence-electron chi connectivity index (χ2n) is 8.45. The van der Waals surface area contributed by atoms with E-state index in [9.17, 15) is 0 Å². The Morgan fingerprint density at radius 2 is 1.11 bits per heavy atom. The number of aliphatic imine (C=N–C) groups is 1. The van der Waals surface area contributed by atoms with Crippen LogP contribution in [-0.2, 0) is 0 Å². The molecule has 0 aromatic heterocycles. The number of nitrogens with two attached hydrogens (primary N) is 1. The smallest absolute Gasteiger partial charge is 0.181 e. The van der Waals surface area contributed by atoms with Crippen LogP contribution in [0.15, 0.2) is 144 Å². The summed E-state index contributed by atoms with van der Waals surface area (Å²) in [4.78, 5) is 4.71. The highest BCUT2D eigenvalue weighted by molar-refractivity contribution is 6.30. The van der Waals surface area contributed by atoms with Gasteiger partial charge in [-0.3, -0.25) is 5.43 Å². The minimum absolute atomic E-state index is 0.391. The maximum absolute atomic E-state index is 6.38. The predicted molar refractivity (Wildman–Crippen MR) is 156 cm³/mol. The summed E-state index contributed by atoms with van der Waals surface area (Å²) in [6, 6.07) is 43.8. The Hall–Kier alpha value is -4.67. The SMILES string of the molecule is NC(=N/C(=N\Nc1ccccc1)c1cccc(-c2cccc(-c3cccc(Cl)c3)c2)c1)c1ccccc1. The highest BCUT2D eigenvalue weighted by atomic mass is 35.5. The van der Waals surface area contributed by atoms with Crippen molar-refractivity contribution in [3.63, 3.8) is 0 Å². The second kappa shape index (κ2) is 11.4. The number of amidine groups is 2. The molecule has 0 saturated heterocycles. The fraction of sp³-hybridized carbons (Fsp3) is 0. The molecule has 0 amide bonds. The standard InChI is InChI=1S/C32H25ClN4/c33-29-17-9-15-27(22-29)25-13-7-12-24(20-25)26-14-8-16-28(21-26)32(37-36-30-18-5-2-6-19-30)35-31(34)23-10-3-1-4-11-23/h1-22,36H,(H2,34,35,37). The summed E-state index contributed by atoms with van der Waals surface area (Å²) in [5, 5.41) is 5.34. The lowest BCUT2D eigenvalue weighted by Gasteiger charge is -2.10. The second-order valence-corrected chi connectivity index (χ2v) is 8.88. The van der Waals surface area contributed by atoms with E-state index in [4.69, 9.17) is 22.3 Å². The molecular formula is C32H25ClN4. The van der Waals surface area contributed by atoms with Crippen molar-refractivity contribution in [2.75, 3.05) is 5.43 Å². The molecule has 4 nitrogen and oxygen atoms in total. The van der Waals surface area contributed by atoms with E-state index in [1.54, 1.807) is 0 Å². The number of hydrogen-bond acceptors (Lipinski definition) is 2. The summed E-state index contributed by atoms with van der Waals surface area (Å²) < 4.78 is 0. The summed E-state index contributed by atoms with van der Waals surface area (Å²) in [5.41, 5.74) is 16.3. The largest absolute Gasteiger partial charge is 0.383 e. The quantitative estimate of drug-likeness (QED) is 0.142. The Morgan fingerprint density at radius 1 is 0.568 bits per heavy atom. The summed E-state index contributed by atoms with van der Waals surface area (Å²) in [6.07, 6.45) is 0. The molecule has 0 aliphatic rings. The van der Waals surface area contributed by atoms with Gasteiger partial charge in [-0.05, 0) is 58.7 Å². The number of para-hydroxylation sites is 1. The van der Waals surface area contributed by atoms with Crippen LogP contribution in [0.25, 0.3) is 22.3 Å². The average molecular weight is 501 g/mol. The molecule has 0 bridgehead atoms. The van der Waals surface area contributed by atoms with E-state index in [2.05, 4.69) is 53.0 Å². The van der Waals surface area contributed by atoms with Gasteiger partial charge in [-0.1, -0.05) is 109 Å². The fourth-order valence-corrected chi connectivity index (χ4v) is 4.15. The molecule has 3 N–H and O–H groups in total. The summed E-state index contributed by atoms with van der Waals surface area (Å²) in [7, 11) is 0. The van der Waals surface area contributed by atoms with Crippen LogP contribution in [0.4, 0.5) is 5.69 Å². The van der Waals surface area contributed by atoms with Gasteiger partial charge in [0.1, 0.15) is 5.84 Å². The van der Waals surface area contributed by atoms with Gasteiger partial charge in [0, 0.05) is 16.1 Å². The maximum atomic E-state index is 6.38. The molecule has 0 unspecified atom stereocenters. The minimum Gasteiger partial charge on any atom is -0.383 e. The van der Waals surface area contributed by atoms with E-state index in [0.717, 1.165) is 39.1 Å². The van der Waals surface area contributed by atoms with Crippen molar-refractivity contribution >= 4 is 29.0 Å². The number of nitrogens with one attached hydrogen (secondary N) is 1. The van der Waals surface area contributed by atoms with Crippen LogP contribution in [0.5, 0.6) is 0 Å². The van der Waals surface area contributed by atoms with Gasteiger partial charge in [0.05, 0.1) is 5.69 Å². The van der Waals surface area contributed by atoms with Gasteiger partial charge in [0.2, 0.25) is 0 Å². The zero-order valence-electron chi connectivity index (χ0n) is 20.1. The number of nitrogens with zero attached hydrogens (tertiary/aromatic N) is 2. The third-order valence-corrected chi connectivity index (χ3v) is 6.07. The van der Waals surface area contributed by atoms with E-state index in [-0.39, 0.29) is 0 Å². The normalized spacial score (nSPS) is 11.8. The zero-order chi connectivity index (χ0) is 25.5. The number of rotatable bonds is 6. The third-order valence-electron chi connectivity index (χ3n) is 5.84. The van der Waals surface area contributed by atoms with Gasteiger partial charge in [-0.2, -0.15) is 5.10 Å². The first-order valence-corrected chi connectivity index (χ1v) is 12.3. The van der Waals surface area contributed by atoms with Crippen molar-refractivity contribution < 1.29 is 0 Å². The van der Waals surface area contributed by atoms with Crippen LogP contribution in [-0.4, -0.2) is 11.7 Å². The molecular weight excluding hydrogens is 476 g/mol. The van der Waals surface area contributed by atoms with E-state index in [1.807, 2.05) is 91.0 Å². The average Bonchev–Trinajstić information content (AvgIpc) is 2.96. The molecule has 37 heavy (non-hydrogen) atoms. The lowest BCUT2D eigenvalue weighted by molar-refractivity contribution is 1.30. The van der Waals surface area contributed by atoms with E-state index in [0.29, 0.717) is 16.7 Å². The first kappa shape index (κ1) is 24.0. The van der Waals surface area contributed by atoms with Gasteiger partial charge in [-0.25, -0.2) is 4.99 Å². The predicted octanol–water partition coefficient (Wildman–Crippen LogP) is 7.85. The fourth-order valence-electron chi connectivity index (χ4n) is 3.96. The summed E-state index contributed by atoms with van der Waals surface area (Å²) in [5.74, 6) is 0.876. The number of hydrogen-bond donors (Lipinski definition) is 2. The van der Waals surface area contributed by atoms with Gasteiger partial charge < -0.3 is 5.73 Å². The Kier molecular flexibility index (Phi) is 7.39. The van der Waals surface area contributed by atoms with E-state index < -0.39 is 0 Å². The number of halogens is 1. The van der Waals surface area contributed by atoms with Crippen molar-refractivity contribution in [3.8, 4) is 22.3 Å². The van der Waals surface area contributed by atoms with Crippen molar-refractivity contribution in [1.82, 2.24) is 0 Å². The number of benzene rings is 5. The molecule has 0 heterocycles. The Labute approximate surface area is 221 Å². The molecule has 5 aromatic carbocycles. The van der Waals surface area contributed by atoms with Crippen LogP contribution in [0.2, 0.25) is 5.02 Å². The molecule has 5 rings (SSSR count). The zero-order valence-corrected chi connectivity index (χ0v) is 20.8. The lowest BCUT2D eigenvalue weighted by Crippen LogP contribution is -2.16. The van der Waals surface area contributed by atoms with Crippen molar-refractivity contribution in [2.45, 2.75) is 0 Å². The van der Waals surface area contributed by atoms with Gasteiger partial charge in [0.15, 0.2) is 5.84 Å². The monoisotopic (exact) mass is 500 g/mol. The van der Waals surface area contributed by atoms with Crippen LogP contribution in [0, 0.1) is 0 Å². The molecule has 0 spiro atoms. The molecule has 0 radical (unpaired) electrons. The van der Waals surface area contributed by atoms with Crippen LogP contribution < -0.4 is 11.2 Å². The first-order valence-electron chi connectivity index (χ1n) is 11.9. The van der Waals surface area contributed by atoms with Crippen LogP contribution in [0.3, 0.4) is 0 Å². The molecule has 0 aliphatic carbocycles. The van der Waals surface area contributed by atoms with E-state index in [1.165, 1.54) is 0 Å². The minimum atomic E-state index is 0.391. The van der Waals surface area contributed by atoms with Gasteiger partial charge in [-0.15, -0.1) is 0 Å². The first-order chi connectivity index (χ1) is 18.2. The Balaban J connectivity index is 1.53. The van der Waals surface area contributed by atoms with E-state index >= 15 is 0 Å². The Morgan fingerprint density at radius 3 is 1.78 bits per heavy atom. The molecule has 0 fully saturated rings. The number of anilines is 1. The highest BCUT2D eigenvalue weighted by Crippen LogP contribution is 2.28. The topological polar surface area (TPSA) is 62.8 Å². The van der Waals surface area contributed by atoms with Crippen LogP contribution >= 0.6 is 11.6 Å². The summed E-state index contributed by atoms with van der Waals surface area (Å²) >= 11 is 6.23. The van der Waals surface area contributed by atoms with Gasteiger partial charge in [0.25, 0.3) is 0 Å². The summed E-state index contributed by atoms with van der Waals surface area (Å²) in [6.45, 7) is 0. The van der Waals surface area contributed by atoms with Crippen molar-refractivity contribution in [3.05, 3.63) is 150 Å². The van der Waals surface area contributed by atoms with Crippen molar-refractivity contribution in [2.24, 2.45) is 15.8 Å².